The summed E-state index contributed by atoms with van der Waals surface area (Å²) in [4.78, 5) is 2.47. The lowest BCUT2D eigenvalue weighted by Gasteiger charge is -2.44. The minimum Gasteiger partial charge on any atom is -0.497 e. The van der Waals surface area contributed by atoms with Crippen LogP contribution in [-0.4, -0.2) is 36.7 Å². The summed E-state index contributed by atoms with van der Waals surface area (Å²) in [5.41, 5.74) is 7.83. The van der Waals surface area contributed by atoms with Gasteiger partial charge in [-0.15, -0.1) is 0 Å². The lowest BCUT2D eigenvalue weighted by Crippen LogP contribution is -2.58. The van der Waals surface area contributed by atoms with Crippen molar-refractivity contribution in [1.82, 2.24) is 4.90 Å². The Morgan fingerprint density at radius 3 is 2.40 bits per heavy atom. The summed E-state index contributed by atoms with van der Waals surface area (Å²) in [6, 6.07) is 8.32. The Hall–Kier alpha value is -1.06. The van der Waals surface area contributed by atoms with Gasteiger partial charge in [-0.2, -0.15) is 0 Å². The Kier molecular flexibility index (Phi) is 6.50. The van der Waals surface area contributed by atoms with Crippen LogP contribution in [0, 0.1) is 0 Å². The molecule has 3 heteroatoms. The SMILES string of the molecule is CCN(CC)C(C)(CC)C(N)Cc1cccc(OC)c1. The topological polar surface area (TPSA) is 38.5 Å². The molecule has 0 aromatic heterocycles. The maximum Gasteiger partial charge on any atom is 0.119 e. The van der Waals surface area contributed by atoms with Gasteiger partial charge >= 0.3 is 0 Å². The number of rotatable bonds is 8. The Morgan fingerprint density at radius 1 is 1.25 bits per heavy atom. The van der Waals surface area contributed by atoms with Gasteiger partial charge in [0.15, 0.2) is 0 Å². The number of hydrogen-bond donors (Lipinski definition) is 1. The molecule has 2 N–H and O–H groups in total. The van der Waals surface area contributed by atoms with E-state index < -0.39 is 0 Å². The highest BCUT2D eigenvalue weighted by atomic mass is 16.5. The molecule has 0 aliphatic rings. The quantitative estimate of drug-likeness (QED) is 0.794. The second-order valence-corrected chi connectivity index (χ2v) is 5.55. The maximum atomic E-state index is 6.56. The lowest BCUT2D eigenvalue weighted by atomic mass is 9.84. The summed E-state index contributed by atoms with van der Waals surface area (Å²) in [6.07, 6.45) is 1.93. The molecule has 1 aromatic rings. The van der Waals surface area contributed by atoms with Crippen molar-refractivity contribution in [3.8, 4) is 5.75 Å². The van der Waals surface area contributed by atoms with Crippen LogP contribution in [0.3, 0.4) is 0 Å². The first-order valence-electron chi connectivity index (χ1n) is 7.65. The molecule has 0 heterocycles. The van der Waals surface area contributed by atoms with E-state index in [-0.39, 0.29) is 11.6 Å². The van der Waals surface area contributed by atoms with Gasteiger partial charge in [-0.1, -0.05) is 32.9 Å². The van der Waals surface area contributed by atoms with Gasteiger partial charge in [0.25, 0.3) is 0 Å². The molecule has 0 aliphatic heterocycles. The zero-order chi connectivity index (χ0) is 15.2. The molecule has 3 nitrogen and oxygen atoms in total. The predicted octanol–water partition coefficient (Wildman–Crippen LogP) is 3.08. The summed E-state index contributed by atoms with van der Waals surface area (Å²) < 4.78 is 5.29. The highest BCUT2D eigenvalue weighted by Crippen LogP contribution is 2.25. The molecule has 0 spiro atoms. The number of ether oxygens (including phenoxy) is 1. The standard InChI is InChI=1S/C17H30N2O/c1-6-17(4,19(7-2)8-3)16(18)13-14-10-9-11-15(12-14)20-5/h9-12,16H,6-8,13,18H2,1-5H3. The van der Waals surface area contributed by atoms with Crippen LogP contribution >= 0.6 is 0 Å². The number of likely N-dealkylation sites (N-methyl/N-ethyl adjacent to an activating group) is 1. The van der Waals surface area contributed by atoms with E-state index in [1.807, 2.05) is 12.1 Å². The van der Waals surface area contributed by atoms with Crippen molar-refractivity contribution in [2.45, 2.75) is 52.1 Å². The largest absolute Gasteiger partial charge is 0.497 e. The van der Waals surface area contributed by atoms with Gasteiger partial charge in [-0.3, -0.25) is 4.90 Å². The van der Waals surface area contributed by atoms with Crippen LogP contribution in [0.15, 0.2) is 24.3 Å². The second kappa shape index (κ2) is 7.65. The third-order valence-electron chi connectivity index (χ3n) is 4.59. The summed E-state index contributed by atoms with van der Waals surface area (Å²) in [5, 5.41) is 0. The van der Waals surface area contributed by atoms with E-state index in [9.17, 15) is 0 Å². The smallest absolute Gasteiger partial charge is 0.119 e. The van der Waals surface area contributed by atoms with Crippen LogP contribution in [0.4, 0.5) is 0 Å². The highest BCUT2D eigenvalue weighted by Gasteiger charge is 2.34. The molecular formula is C17H30N2O. The van der Waals surface area contributed by atoms with Crippen molar-refractivity contribution in [1.29, 1.82) is 0 Å². The molecule has 0 fully saturated rings. The average Bonchev–Trinajstić information content (AvgIpc) is 2.48. The Labute approximate surface area is 124 Å². The highest BCUT2D eigenvalue weighted by molar-refractivity contribution is 5.29. The van der Waals surface area contributed by atoms with E-state index in [0.29, 0.717) is 0 Å². The molecule has 0 amide bonds. The number of nitrogens with two attached hydrogens (primary N) is 1. The maximum absolute atomic E-state index is 6.56. The minimum absolute atomic E-state index is 0.0343. The molecule has 0 aliphatic carbocycles. The second-order valence-electron chi connectivity index (χ2n) is 5.55. The van der Waals surface area contributed by atoms with E-state index in [4.69, 9.17) is 10.5 Å². The zero-order valence-electron chi connectivity index (χ0n) is 13.6. The van der Waals surface area contributed by atoms with Crippen molar-refractivity contribution in [3.05, 3.63) is 29.8 Å². The molecule has 1 aromatic carbocycles. The first kappa shape index (κ1) is 17.0. The van der Waals surface area contributed by atoms with E-state index in [2.05, 4.69) is 44.7 Å². The van der Waals surface area contributed by atoms with Gasteiger partial charge in [0.1, 0.15) is 5.75 Å². The Morgan fingerprint density at radius 2 is 1.90 bits per heavy atom. The first-order valence-corrected chi connectivity index (χ1v) is 7.65. The van der Waals surface area contributed by atoms with Crippen LogP contribution in [0.2, 0.25) is 0 Å². The van der Waals surface area contributed by atoms with Gasteiger partial charge in [-0.05, 0) is 50.6 Å². The predicted molar refractivity (Wildman–Crippen MR) is 86.3 cm³/mol. The van der Waals surface area contributed by atoms with Crippen LogP contribution in [0.25, 0.3) is 0 Å². The van der Waals surface area contributed by atoms with Crippen LogP contribution in [-0.2, 0) is 6.42 Å². The summed E-state index contributed by atoms with van der Waals surface area (Å²) in [5.74, 6) is 0.899. The van der Waals surface area contributed by atoms with E-state index in [0.717, 1.165) is 31.7 Å². The van der Waals surface area contributed by atoms with Gasteiger partial charge in [0, 0.05) is 11.6 Å². The number of methoxy groups -OCH3 is 1. The fourth-order valence-electron chi connectivity index (χ4n) is 2.94. The molecule has 0 saturated heterocycles. The van der Waals surface area contributed by atoms with Crippen molar-refractivity contribution in [2.24, 2.45) is 5.73 Å². The van der Waals surface area contributed by atoms with Crippen molar-refractivity contribution in [2.75, 3.05) is 20.2 Å². The fraction of sp³-hybridized carbons (Fsp3) is 0.647. The average molecular weight is 278 g/mol. The third kappa shape index (κ3) is 3.74. The van der Waals surface area contributed by atoms with Gasteiger partial charge < -0.3 is 10.5 Å². The van der Waals surface area contributed by atoms with Crippen molar-refractivity contribution >= 4 is 0 Å². The fourth-order valence-corrected chi connectivity index (χ4v) is 2.94. The van der Waals surface area contributed by atoms with Gasteiger partial charge in [0.2, 0.25) is 0 Å². The Balaban J connectivity index is 2.88. The molecule has 2 unspecified atom stereocenters. The van der Waals surface area contributed by atoms with Crippen LogP contribution < -0.4 is 10.5 Å². The molecule has 0 bridgehead atoms. The molecule has 20 heavy (non-hydrogen) atoms. The molecule has 0 radical (unpaired) electrons. The lowest BCUT2D eigenvalue weighted by molar-refractivity contribution is 0.0845. The van der Waals surface area contributed by atoms with Crippen LogP contribution in [0.5, 0.6) is 5.75 Å². The number of hydrogen-bond acceptors (Lipinski definition) is 3. The summed E-state index contributed by atoms with van der Waals surface area (Å²) >= 11 is 0. The van der Waals surface area contributed by atoms with E-state index >= 15 is 0 Å². The monoisotopic (exact) mass is 278 g/mol. The number of benzene rings is 1. The van der Waals surface area contributed by atoms with Gasteiger partial charge in [0.05, 0.1) is 7.11 Å². The van der Waals surface area contributed by atoms with Crippen molar-refractivity contribution in [3.63, 3.8) is 0 Å². The van der Waals surface area contributed by atoms with Crippen LogP contribution in [0.1, 0.15) is 39.7 Å². The van der Waals surface area contributed by atoms with Gasteiger partial charge in [-0.25, -0.2) is 0 Å². The van der Waals surface area contributed by atoms with E-state index in [1.54, 1.807) is 7.11 Å². The van der Waals surface area contributed by atoms with Crippen molar-refractivity contribution < 1.29 is 4.74 Å². The normalized spacial score (nSPS) is 15.9. The molecule has 1 rings (SSSR count). The third-order valence-corrected chi connectivity index (χ3v) is 4.59. The zero-order valence-corrected chi connectivity index (χ0v) is 13.6. The Bertz CT molecular complexity index is 404. The molecule has 2 atom stereocenters. The number of nitrogens with zero attached hydrogens (tertiary/aromatic N) is 1. The first-order chi connectivity index (χ1) is 9.51. The summed E-state index contributed by atoms with van der Waals surface area (Å²) in [7, 11) is 1.70. The molecular weight excluding hydrogens is 248 g/mol. The summed E-state index contributed by atoms with van der Waals surface area (Å²) in [6.45, 7) is 11.0. The molecule has 114 valence electrons. The minimum atomic E-state index is 0.0343. The molecule has 0 saturated carbocycles. The van der Waals surface area contributed by atoms with E-state index in [1.165, 1.54) is 5.56 Å².